The number of thiophene rings is 1. The third-order valence-corrected chi connectivity index (χ3v) is 5.09. The zero-order chi connectivity index (χ0) is 13.8. The molecular formula is C17H21NOS. The quantitative estimate of drug-likeness (QED) is 0.874. The highest BCUT2D eigenvalue weighted by Crippen LogP contribution is 2.30. The maximum atomic E-state index is 5.35. The Kier molecular flexibility index (Phi) is 4.51. The highest BCUT2D eigenvalue weighted by molar-refractivity contribution is 7.12. The molecule has 0 amide bonds. The van der Waals surface area contributed by atoms with E-state index in [1.165, 1.54) is 29.7 Å². The topological polar surface area (TPSA) is 21.3 Å². The molecule has 0 saturated heterocycles. The van der Waals surface area contributed by atoms with Crippen molar-refractivity contribution in [1.29, 1.82) is 0 Å². The van der Waals surface area contributed by atoms with Gasteiger partial charge in [-0.3, -0.25) is 0 Å². The van der Waals surface area contributed by atoms with Crippen LogP contribution in [0.4, 0.5) is 0 Å². The SMILES string of the molecule is COCC(NCc1cc2c(s1)CCC2)c1ccccc1. The molecule has 1 aromatic heterocycles. The van der Waals surface area contributed by atoms with Gasteiger partial charge in [-0.2, -0.15) is 0 Å². The van der Waals surface area contributed by atoms with Crippen LogP contribution in [0.25, 0.3) is 0 Å². The molecule has 20 heavy (non-hydrogen) atoms. The predicted molar refractivity (Wildman–Crippen MR) is 84.2 cm³/mol. The summed E-state index contributed by atoms with van der Waals surface area (Å²) in [6, 6.07) is 13.2. The van der Waals surface area contributed by atoms with Crippen LogP contribution in [0.15, 0.2) is 36.4 Å². The van der Waals surface area contributed by atoms with Gasteiger partial charge >= 0.3 is 0 Å². The number of hydrogen-bond donors (Lipinski definition) is 1. The molecule has 1 aliphatic rings. The lowest BCUT2D eigenvalue weighted by molar-refractivity contribution is 0.166. The van der Waals surface area contributed by atoms with Gasteiger partial charge in [-0.15, -0.1) is 11.3 Å². The van der Waals surface area contributed by atoms with E-state index < -0.39 is 0 Å². The van der Waals surface area contributed by atoms with Crippen molar-refractivity contribution in [1.82, 2.24) is 5.32 Å². The van der Waals surface area contributed by atoms with Gasteiger partial charge in [-0.25, -0.2) is 0 Å². The smallest absolute Gasteiger partial charge is 0.0657 e. The number of hydrogen-bond acceptors (Lipinski definition) is 3. The van der Waals surface area contributed by atoms with E-state index in [1.54, 1.807) is 17.6 Å². The maximum Gasteiger partial charge on any atom is 0.0657 e. The lowest BCUT2D eigenvalue weighted by Gasteiger charge is -2.18. The Bertz CT molecular complexity index is 528. The predicted octanol–water partition coefficient (Wildman–Crippen LogP) is 3.71. The molecule has 2 aromatic rings. The van der Waals surface area contributed by atoms with E-state index in [-0.39, 0.29) is 6.04 Å². The second kappa shape index (κ2) is 6.53. The number of methoxy groups -OCH3 is 1. The Morgan fingerprint density at radius 2 is 2.10 bits per heavy atom. The molecule has 1 N–H and O–H groups in total. The first-order valence-electron chi connectivity index (χ1n) is 7.24. The monoisotopic (exact) mass is 287 g/mol. The maximum absolute atomic E-state index is 5.35. The summed E-state index contributed by atoms with van der Waals surface area (Å²) >= 11 is 1.97. The first-order valence-corrected chi connectivity index (χ1v) is 8.06. The van der Waals surface area contributed by atoms with Gasteiger partial charge in [0.05, 0.1) is 12.6 Å². The largest absolute Gasteiger partial charge is 0.383 e. The van der Waals surface area contributed by atoms with E-state index in [9.17, 15) is 0 Å². The van der Waals surface area contributed by atoms with E-state index >= 15 is 0 Å². The minimum Gasteiger partial charge on any atom is -0.383 e. The molecule has 1 aromatic carbocycles. The van der Waals surface area contributed by atoms with Crippen molar-refractivity contribution in [3.63, 3.8) is 0 Å². The molecular weight excluding hydrogens is 266 g/mol. The molecule has 1 atom stereocenters. The summed E-state index contributed by atoms with van der Waals surface area (Å²) in [4.78, 5) is 3.05. The molecule has 0 saturated carbocycles. The molecule has 0 bridgehead atoms. The van der Waals surface area contributed by atoms with E-state index in [1.807, 2.05) is 11.3 Å². The first kappa shape index (κ1) is 13.8. The molecule has 3 heteroatoms. The Morgan fingerprint density at radius 1 is 1.25 bits per heavy atom. The summed E-state index contributed by atoms with van der Waals surface area (Å²) in [6.45, 7) is 1.63. The summed E-state index contributed by atoms with van der Waals surface area (Å²) in [5.41, 5.74) is 2.87. The minimum atomic E-state index is 0.262. The van der Waals surface area contributed by atoms with Crippen LogP contribution in [0.1, 0.15) is 33.3 Å². The Balaban J connectivity index is 1.64. The molecule has 0 aliphatic heterocycles. The van der Waals surface area contributed by atoms with Crippen molar-refractivity contribution in [3.8, 4) is 0 Å². The highest BCUT2D eigenvalue weighted by atomic mass is 32.1. The molecule has 1 aliphatic carbocycles. The molecule has 0 fully saturated rings. The van der Waals surface area contributed by atoms with Crippen LogP contribution in [0, 0.1) is 0 Å². The average Bonchev–Trinajstić information content (AvgIpc) is 3.05. The van der Waals surface area contributed by atoms with Gasteiger partial charge < -0.3 is 10.1 Å². The van der Waals surface area contributed by atoms with Crippen LogP contribution in [-0.2, 0) is 24.1 Å². The summed E-state index contributed by atoms with van der Waals surface area (Å²) in [5.74, 6) is 0. The van der Waals surface area contributed by atoms with E-state index in [0.29, 0.717) is 6.61 Å². The summed E-state index contributed by atoms with van der Waals surface area (Å²) in [5, 5.41) is 3.63. The van der Waals surface area contributed by atoms with Gasteiger partial charge in [0.1, 0.15) is 0 Å². The van der Waals surface area contributed by atoms with Crippen molar-refractivity contribution in [2.45, 2.75) is 31.8 Å². The van der Waals surface area contributed by atoms with Crippen molar-refractivity contribution in [3.05, 3.63) is 57.3 Å². The normalized spacial score (nSPS) is 15.2. The number of rotatable bonds is 6. The van der Waals surface area contributed by atoms with Crippen LogP contribution in [-0.4, -0.2) is 13.7 Å². The van der Waals surface area contributed by atoms with E-state index in [0.717, 1.165) is 6.54 Å². The Labute approximate surface area is 124 Å². The molecule has 1 heterocycles. The fourth-order valence-electron chi connectivity index (χ4n) is 2.83. The number of benzene rings is 1. The second-order valence-corrected chi connectivity index (χ2v) is 6.54. The molecule has 2 nitrogen and oxygen atoms in total. The highest BCUT2D eigenvalue weighted by Gasteiger charge is 2.16. The fraction of sp³-hybridized carbons (Fsp3) is 0.412. The fourth-order valence-corrected chi connectivity index (χ4v) is 4.04. The molecule has 3 rings (SSSR count). The van der Waals surface area contributed by atoms with Crippen molar-refractivity contribution in [2.24, 2.45) is 0 Å². The van der Waals surface area contributed by atoms with Crippen LogP contribution in [0.5, 0.6) is 0 Å². The zero-order valence-electron chi connectivity index (χ0n) is 11.9. The zero-order valence-corrected chi connectivity index (χ0v) is 12.7. The van der Waals surface area contributed by atoms with Crippen LogP contribution >= 0.6 is 11.3 Å². The van der Waals surface area contributed by atoms with Gasteiger partial charge in [-0.05, 0) is 36.5 Å². The first-order chi connectivity index (χ1) is 9.86. The third kappa shape index (κ3) is 3.11. The number of ether oxygens (including phenoxy) is 1. The van der Waals surface area contributed by atoms with Crippen LogP contribution in [0.2, 0.25) is 0 Å². The van der Waals surface area contributed by atoms with Gasteiger partial charge in [0.2, 0.25) is 0 Å². The molecule has 1 unspecified atom stereocenters. The Morgan fingerprint density at radius 3 is 2.85 bits per heavy atom. The lowest BCUT2D eigenvalue weighted by Crippen LogP contribution is -2.24. The second-order valence-electron chi connectivity index (χ2n) is 5.31. The molecule has 106 valence electrons. The summed E-state index contributed by atoms with van der Waals surface area (Å²) in [6.07, 6.45) is 3.89. The third-order valence-electron chi connectivity index (χ3n) is 3.86. The van der Waals surface area contributed by atoms with Gasteiger partial charge in [0, 0.05) is 23.4 Å². The van der Waals surface area contributed by atoms with Gasteiger partial charge in [-0.1, -0.05) is 30.3 Å². The Hall–Kier alpha value is -1.16. The summed E-state index contributed by atoms with van der Waals surface area (Å²) in [7, 11) is 1.76. The number of fused-ring (bicyclic) bond motifs is 1. The number of nitrogens with one attached hydrogen (secondary N) is 1. The molecule has 0 radical (unpaired) electrons. The lowest BCUT2D eigenvalue weighted by atomic mass is 10.1. The van der Waals surface area contributed by atoms with Gasteiger partial charge in [0.25, 0.3) is 0 Å². The average molecular weight is 287 g/mol. The van der Waals surface area contributed by atoms with E-state index in [4.69, 9.17) is 4.74 Å². The van der Waals surface area contributed by atoms with Crippen LogP contribution < -0.4 is 5.32 Å². The van der Waals surface area contributed by atoms with Crippen LogP contribution in [0.3, 0.4) is 0 Å². The van der Waals surface area contributed by atoms with Crippen molar-refractivity contribution >= 4 is 11.3 Å². The number of aryl methyl sites for hydroxylation is 2. The van der Waals surface area contributed by atoms with Gasteiger partial charge in [0.15, 0.2) is 0 Å². The van der Waals surface area contributed by atoms with E-state index in [2.05, 4.69) is 41.7 Å². The summed E-state index contributed by atoms with van der Waals surface area (Å²) < 4.78 is 5.35. The molecule has 0 spiro atoms. The standard InChI is InChI=1S/C17H21NOS/c1-19-12-16(13-6-3-2-4-7-13)18-11-15-10-14-8-5-9-17(14)20-15/h2-4,6-7,10,16,18H,5,8-9,11-12H2,1H3. The minimum absolute atomic E-state index is 0.262. The van der Waals surface area contributed by atoms with Crippen molar-refractivity contribution < 1.29 is 4.74 Å². The van der Waals surface area contributed by atoms with Crippen molar-refractivity contribution in [2.75, 3.05) is 13.7 Å².